The lowest BCUT2D eigenvalue weighted by atomic mass is 9.94. The monoisotopic (exact) mass is 450 g/mol. The lowest BCUT2D eigenvalue weighted by Crippen LogP contribution is -2.29. The highest BCUT2D eigenvalue weighted by Crippen LogP contribution is 2.46. The van der Waals surface area contributed by atoms with Crippen LogP contribution in [0.2, 0.25) is 0 Å². The number of benzene rings is 2. The van der Waals surface area contributed by atoms with E-state index in [9.17, 15) is 14.7 Å². The van der Waals surface area contributed by atoms with E-state index in [1.807, 2.05) is 13.8 Å². The Morgan fingerprint density at radius 3 is 2.31 bits per heavy atom. The zero-order valence-corrected chi connectivity index (χ0v) is 18.9. The van der Waals surface area contributed by atoms with E-state index in [0.717, 1.165) is 10.6 Å². The number of nitrogens with zero attached hydrogens (tertiary/aromatic N) is 2. The molecule has 1 atom stereocenters. The van der Waals surface area contributed by atoms with Crippen LogP contribution in [0, 0.1) is 13.8 Å². The highest BCUT2D eigenvalue weighted by atomic mass is 32.1. The second-order valence-electron chi connectivity index (χ2n) is 7.28. The molecule has 2 aromatic carbocycles. The van der Waals surface area contributed by atoms with Crippen molar-refractivity contribution in [1.82, 2.24) is 4.98 Å². The molecule has 1 aromatic heterocycles. The van der Waals surface area contributed by atoms with Crippen LogP contribution in [0.5, 0.6) is 11.5 Å². The summed E-state index contributed by atoms with van der Waals surface area (Å²) in [6, 6.07) is 12.9. The van der Waals surface area contributed by atoms with Gasteiger partial charge < -0.3 is 14.6 Å². The zero-order chi connectivity index (χ0) is 23.0. The number of carbonyl (C=O) groups excluding carboxylic acids is 2. The van der Waals surface area contributed by atoms with Gasteiger partial charge in [0, 0.05) is 16.0 Å². The lowest BCUT2D eigenvalue weighted by molar-refractivity contribution is -0.132. The van der Waals surface area contributed by atoms with Gasteiger partial charge in [0.1, 0.15) is 23.3 Å². The normalized spacial score (nSPS) is 17.6. The van der Waals surface area contributed by atoms with Crippen molar-refractivity contribution in [2.45, 2.75) is 19.9 Å². The largest absolute Gasteiger partial charge is 0.507 e. The van der Waals surface area contributed by atoms with Gasteiger partial charge in [0.25, 0.3) is 5.78 Å². The molecule has 0 saturated carbocycles. The molecule has 1 unspecified atom stereocenters. The maximum atomic E-state index is 13.2. The van der Waals surface area contributed by atoms with Crippen LogP contribution in [0.15, 0.2) is 54.1 Å². The number of amides is 1. The SMILES string of the molecule is COc1ccc(/C(O)=C2\C(=O)C(=O)N(c3nc(C)c(C)s3)C2c2ccccc2OC)cc1. The molecule has 32 heavy (non-hydrogen) atoms. The summed E-state index contributed by atoms with van der Waals surface area (Å²) in [5.74, 6) is -0.689. The molecule has 2 heterocycles. The third-order valence-electron chi connectivity index (χ3n) is 5.46. The van der Waals surface area contributed by atoms with E-state index in [-0.39, 0.29) is 11.3 Å². The van der Waals surface area contributed by atoms with Crippen LogP contribution < -0.4 is 14.4 Å². The topological polar surface area (TPSA) is 89.0 Å². The first kappa shape index (κ1) is 21.6. The maximum absolute atomic E-state index is 13.2. The predicted molar refractivity (Wildman–Crippen MR) is 122 cm³/mol. The van der Waals surface area contributed by atoms with Gasteiger partial charge in [-0.15, -0.1) is 11.3 Å². The number of ether oxygens (including phenoxy) is 2. The Morgan fingerprint density at radius 1 is 1.03 bits per heavy atom. The Kier molecular flexibility index (Phi) is 5.71. The summed E-state index contributed by atoms with van der Waals surface area (Å²) in [7, 11) is 3.06. The van der Waals surface area contributed by atoms with Crippen LogP contribution in [-0.2, 0) is 9.59 Å². The molecule has 1 fully saturated rings. The van der Waals surface area contributed by atoms with E-state index in [4.69, 9.17) is 9.47 Å². The van der Waals surface area contributed by atoms with Crippen molar-refractivity contribution in [3.63, 3.8) is 0 Å². The van der Waals surface area contributed by atoms with Gasteiger partial charge in [-0.2, -0.15) is 0 Å². The zero-order valence-electron chi connectivity index (χ0n) is 18.1. The summed E-state index contributed by atoms with van der Waals surface area (Å²) in [6.45, 7) is 3.75. The Hall–Kier alpha value is -3.65. The van der Waals surface area contributed by atoms with Crippen LogP contribution in [0.25, 0.3) is 5.76 Å². The Balaban J connectivity index is 1.96. The molecular formula is C24H22N2O5S. The number of Topliss-reactive ketones (excluding diaryl/α,β-unsaturated/α-hetero) is 1. The first-order chi connectivity index (χ1) is 15.4. The molecule has 4 rings (SSSR count). The van der Waals surface area contributed by atoms with E-state index in [0.29, 0.717) is 27.8 Å². The van der Waals surface area contributed by atoms with Gasteiger partial charge in [-0.1, -0.05) is 18.2 Å². The van der Waals surface area contributed by atoms with Gasteiger partial charge >= 0.3 is 5.91 Å². The number of para-hydroxylation sites is 1. The standard InChI is InChI=1S/C24H22N2O5S/c1-13-14(2)32-24(25-13)26-20(17-7-5-6-8-18(17)31-4)19(22(28)23(26)29)21(27)15-9-11-16(30-3)12-10-15/h5-12,20,27H,1-4H3/b21-19+. The quantitative estimate of drug-likeness (QED) is 0.352. The third kappa shape index (κ3) is 3.52. The van der Waals surface area contributed by atoms with E-state index in [2.05, 4.69) is 4.98 Å². The Morgan fingerprint density at radius 2 is 1.72 bits per heavy atom. The molecule has 0 spiro atoms. The van der Waals surface area contributed by atoms with Crippen LogP contribution in [0.3, 0.4) is 0 Å². The number of carbonyl (C=O) groups is 2. The molecule has 3 aromatic rings. The molecule has 0 bridgehead atoms. The second-order valence-corrected chi connectivity index (χ2v) is 8.46. The van der Waals surface area contributed by atoms with Crippen molar-refractivity contribution in [2.24, 2.45) is 0 Å². The lowest BCUT2D eigenvalue weighted by Gasteiger charge is -2.24. The van der Waals surface area contributed by atoms with Crippen LogP contribution >= 0.6 is 11.3 Å². The summed E-state index contributed by atoms with van der Waals surface area (Å²) >= 11 is 1.32. The smallest absolute Gasteiger partial charge is 0.301 e. The van der Waals surface area contributed by atoms with Gasteiger partial charge in [-0.25, -0.2) is 4.98 Å². The van der Waals surface area contributed by atoms with E-state index in [1.54, 1.807) is 55.6 Å². The number of anilines is 1. The van der Waals surface area contributed by atoms with E-state index in [1.165, 1.54) is 23.3 Å². The number of aryl methyl sites for hydroxylation is 2. The molecule has 1 aliphatic rings. The number of hydrogen-bond donors (Lipinski definition) is 1. The van der Waals surface area contributed by atoms with Crippen LogP contribution in [-0.4, -0.2) is 36.0 Å². The average molecular weight is 451 g/mol. The number of aliphatic hydroxyl groups excluding tert-OH is 1. The Labute approximate surface area is 189 Å². The molecular weight excluding hydrogens is 428 g/mol. The second kappa shape index (κ2) is 8.47. The summed E-state index contributed by atoms with van der Waals surface area (Å²) < 4.78 is 10.7. The summed E-state index contributed by atoms with van der Waals surface area (Å²) in [5.41, 5.74) is 1.74. The van der Waals surface area contributed by atoms with Crippen molar-refractivity contribution in [1.29, 1.82) is 0 Å². The first-order valence-corrected chi connectivity index (χ1v) is 10.7. The average Bonchev–Trinajstić information content (AvgIpc) is 3.28. The van der Waals surface area contributed by atoms with Gasteiger partial charge in [-0.3, -0.25) is 14.5 Å². The number of methoxy groups -OCH3 is 2. The summed E-state index contributed by atoms with van der Waals surface area (Å²) in [4.78, 5) is 33.2. The fourth-order valence-corrected chi connectivity index (χ4v) is 4.62. The fraction of sp³-hybridized carbons (Fsp3) is 0.208. The molecule has 1 aliphatic heterocycles. The predicted octanol–water partition coefficient (Wildman–Crippen LogP) is 4.40. The minimum absolute atomic E-state index is 0.0184. The molecule has 7 nitrogen and oxygen atoms in total. The van der Waals surface area contributed by atoms with Crippen molar-refractivity contribution in [3.05, 3.63) is 75.8 Å². The van der Waals surface area contributed by atoms with E-state index < -0.39 is 17.7 Å². The molecule has 0 aliphatic carbocycles. The number of hydrogen-bond acceptors (Lipinski definition) is 7. The molecule has 8 heteroatoms. The summed E-state index contributed by atoms with van der Waals surface area (Å²) in [5, 5.41) is 11.6. The highest BCUT2D eigenvalue weighted by molar-refractivity contribution is 7.16. The van der Waals surface area contributed by atoms with Crippen molar-refractivity contribution < 1.29 is 24.2 Å². The van der Waals surface area contributed by atoms with Crippen molar-refractivity contribution in [2.75, 3.05) is 19.1 Å². The maximum Gasteiger partial charge on any atom is 0.301 e. The fourth-order valence-electron chi connectivity index (χ4n) is 3.68. The molecule has 164 valence electrons. The summed E-state index contributed by atoms with van der Waals surface area (Å²) in [6.07, 6.45) is 0. The first-order valence-electron chi connectivity index (χ1n) is 9.89. The highest BCUT2D eigenvalue weighted by Gasteiger charge is 2.49. The van der Waals surface area contributed by atoms with E-state index >= 15 is 0 Å². The number of thiazole rings is 1. The van der Waals surface area contributed by atoms with Gasteiger partial charge in [0.15, 0.2) is 5.13 Å². The number of aromatic nitrogens is 1. The van der Waals surface area contributed by atoms with Gasteiger partial charge in [0.2, 0.25) is 0 Å². The number of ketones is 1. The molecule has 1 amide bonds. The van der Waals surface area contributed by atoms with Crippen molar-refractivity contribution in [3.8, 4) is 11.5 Å². The van der Waals surface area contributed by atoms with Gasteiger partial charge in [-0.05, 0) is 44.2 Å². The van der Waals surface area contributed by atoms with Crippen LogP contribution in [0.4, 0.5) is 5.13 Å². The molecule has 0 radical (unpaired) electrons. The minimum atomic E-state index is -0.891. The van der Waals surface area contributed by atoms with Crippen molar-refractivity contribution >= 4 is 33.9 Å². The van der Waals surface area contributed by atoms with Gasteiger partial charge in [0.05, 0.1) is 25.5 Å². The Bertz CT molecular complexity index is 1210. The third-order valence-corrected chi connectivity index (χ3v) is 6.54. The minimum Gasteiger partial charge on any atom is -0.507 e. The number of aliphatic hydroxyl groups is 1. The van der Waals surface area contributed by atoms with Crippen LogP contribution in [0.1, 0.15) is 27.7 Å². The molecule has 1 saturated heterocycles. The number of rotatable bonds is 5. The molecule has 1 N–H and O–H groups in total.